The molecule has 0 N–H and O–H groups in total. The first-order chi connectivity index (χ1) is 13.0. The summed E-state index contributed by atoms with van der Waals surface area (Å²) >= 11 is 6.26. The van der Waals surface area contributed by atoms with E-state index in [2.05, 4.69) is 11.6 Å². The summed E-state index contributed by atoms with van der Waals surface area (Å²) in [7, 11) is 0. The molecule has 3 rings (SSSR count). The highest BCUT2D eigenvalue weighted by Gasteiger charge is 2.21. The van der Waals surface area contributed by atoms with Crippen LogP contribution in [-0.2, 0) is 22.6 Å². The van der Waals surface area contributed by atoms with Gasteiger partial charge in [-0.15, -0.1) is 6.58 Å². The topological polar surface area (TPSA) is 88.1 Å². The van der Waals surface area contributed by atoms with Crippen molar-refractivity contribution in [1.29, 1.82) is 0 Å². The van der Waals surface area contributed by atoms with Crippen LogP contribution in [0.5, 0.6) is 0 Å². The minimum atomic E-state index is -0.595. The molecule has 8 nitrogen and oxygen atoms in total. The zero-order valence-corrected chi connectivity index (χ0v) is 15.3. The summed E-state index contributed by atoms with van der Waals surface area (Å²) in [6, 6.07) is 6.73. The van der Waals surface area contributed by atoms with Gasteiger partial charge in [0.1, 0.15) is 6.54 Å². The van der Waals surface area contributed by atoms with Crippen LogP contribution in [0.2, 0.25) is 5.02 Å². The summed E-state index contributed by atoms with van der Waals surface area (Å²) in [5.41, 5.74) is -0.567. The first-order valence-electron chi connectivity index (χ1n) is 8.21. The van der Waals surface area contributed by atoms with Gasteiger partial charge < -0.3 is 9.30 Å². The summed E-state index contributed by atoms with van der Waals surface area (Å²) in [6.07, 6.45) is 2.77. The van der Waals surface area contributed by atoms with Crippen LogP contribution in [0, 0.1) is 0 Å². The number of fused-ring (bicyclic) bond motifs is 1. The van der Waals surface area contributed by atoms with Crippen LogP contribution in [0.4, 0.5) is 0 Å². The van der Waals surface area contributed by atoms with E-state index in [1.165, 1.54) is 21.5 Å². The molecule has 0 amide bonds. The van der Waals surface area contributed by atoms with Crippen LogP contribution in [-0.4, -0.2) is 31.3 Å². The Kier molecular flexibility index (Phi) is 5.27. The number of imidazole rings is 1. The Bertz CT molecular complexity index is 1140. The highest BCUT2D eigenvalue weighted by Crippen LogP contribution is 2.21. The lowest BCUT2D eigenvalue weighted by Crippen LogP contribution is -2.40. The molecule has 0 aliphatic rings. The molecule has 2 heterocycles. The van der Waals surface area contributed by atoms with E-state index in [9.17, 15) is 14.4 Å². The van der Waals surface area contributed by atoms with E-state index < -0.39 is 17.2 Å². The van der Waals surface area contributed by atoms with E-state index in [-0.39, 0.29) is 30.9 Å². The second kappa shape index (κ2) is 7.63. The van der Waals surface area contributed by atoms with Crippen molar-refractivity contribution < 1.29 is 9.53 Å². The molecule has 2 aromatic heterocycles. The van der Waals surface area contributed by atoms with Crippen molar-refractivity contribution in [2.75, 3.05) is 6.61 Å². The lowest BCUT2D eigenvalue weighted by Gasteiger charge is -2.12. The zero-order valence-electron chi connectivity index (χ0n) is 14.6. The Morgan fingerprint density at radius 2 is 2.07 bits per heavy atom. The van der Waals surface area contributed by atoms with Crippen LogP contribution >= 0.6 is 11.6 Å². The van der Waals surface area contributed by atoms with Crippen LogP contribution in [0.3, 0.4) is 0 Å². The Hall–Kier alpha value is -3.13. The number of allylic oxidation sites excluding steroid dienone is 1. The number of halogens is 1. The van der Waals surface area contributed by atoms with Crippen molar-refractivity contribution in [3.8, 4) is 5.69 Å². The molecule has 0 saturated carbocycles. The fraction of sp³-hybridized carbons (Fsp3) is 0.222. The average molecular weight is 389 g/mol. The summed E-state index contributed by atoms with van der Waals surface area (Å²) in [5.74, 6) is -0.512. The zero-order chi connectivity index (χ0) is 19.6. The number of carbonyl (C=O) groups is 1. The van der Waals surface area contributed by atoms with Gasteiger partial charge in [0.2, 0.25) is 0 Å². The molecule has 0 atom stereocenters. The van der Waals surface area contributed by atoms with Gasteiger partial charge in [-0.25, -0.2) is 14.3 Å². The third-order valence-electron chi connectivity index (χ3n) is 3.91. The number of hydrogen-bond acceptors (Lipinski definition) is 5. The Morgan fingerprint density at radius 3 is 2.74 bits per heavy atom. The van der Waals surface area contributed by atoms with Gasteiger partial charge in [0.25, 0.3) is 5.56 Å². The van der Waals surface area contributed by atoms with Crippen molar-refractivity contribution in [3.05, 3.63) is 69.1 Å². The van der Waals surface area contributed by atoms with E-state index >= 15 is 0 Å². The molecule has 0 saturated heterocycles. The minimum absolute atomic E-state index is 0.00262. The third kappa shape index (κ3) is 3.31. The number of carbonyl (C=O) groups excluding carboxylic acids is 1. The van der Waals surface area contributed by atoms with Gasteiger partial charge >= 0.3 is 11.7 Å². The fourth-order valence-electron chi connectivity index (χ4n) is 2.79. The van der Waals surface area contributed by atoms with Crippen molar-refractivity contribution in [1.82, 2.24) is 18.7 Å². The number of benzene rings is 1. The molecule has 0 aliphatic heterocycles. The number of esters is 1. The Balaban J connectivity index is 2.36. The SMILES string of the molecule is C=CCn1c(=O)c2c(ncn2CC(=O)OCC)n(-c2ccccc2Cl)c1=O. The summed E-state index contributed by atoms with van der Waals surface area (Å²) in [4.78, 5) is 41.9. The predicted octanol–water partition coefficient (Wildman–Crippen LogP) is 1.75. The highest BCUT2D eigenvalue weighted by molar-refractivity contribution is 6.32. The van der Waals surface area contributed by atoms with Gasteiger partial charge in [-0.1, -0.05) is 29.8 Å². The lowest BCUT2D eigenvalue weighted by molar-refractivity contribution is -0.143. The summed E-state index contributed by atoms with van der Waals surface area (Å²) in [6.45, 7) is 5.30. The van der Waals surface area contributed by atoms with E-state index in [1.54, 1.807) is 31.2 Å². The number of ether oxygens (including phenoxy) is 1. The molecular weight excluding hydrogens is 372 g/mol. The second-order valence-electron chi connectivity index (χ2n) is 5.62. The number of aromatic nitrogens is 4. The van der Waals surface area contributed by atoms with E-state index in [0.29, 0.717) is 10.7 Å². The predicted molar refractivity (Wildman–Crippen MR) is 101 cm³/mol. The molecule has 3 aromatic rings. The average Bonchev–Trinajstić information content (AvgIpc) is 3.04. The van der Waals surface area contributed by atoms with Crippen LogP contribution in [0.15, 0.2) is 52.8 Å². The quantitative estimate of drug-likeness (QED) is 0.474. The number of rotatable bonds is 6. The minimum Gasteiger partial charge on any atom is -0.465 e. The number of para-hydroxylation sites is 1. The molecule has 9 heteroatoms. The van der Waals surface area contributed by atoms with E-state index in [0.717, 1.165) is 4.57 Å². The van der Waals surface area contributed by atoms with Gasteiger partial charge in [0.05, 0.1) is 23.6 Å². The molecule has 0 unspecified atom stereocenters. The molecule has 0 spiro atoms. The van der Waals surface area contributed by atoms with Crippen LogP contribution < -0.4 is 11.2 Å². The molecule has 27 heavy (non-hydrogen) atoms. The number of hydrogen-bond donors (Lipinski definition) is 0. The van der Waals surface area contributed by atoms with Gasteiger partial charge in [-0.2, -0.15) is 0 Å². The highest BCUT2D eigenvalue weighted by atomic mass is 35.5. The summed E-state index contributed by atoms with van der Waals surface area (Å²) < 4.78 is 8.57. The molecule has 1 aromatic carbocycles. The normalized spacial score (nSPS) is 10.9. The second-order valence-corrected chi connectivity index (χ2v) is 6.03. The van der Waals surface area contributed by atoms with Crippen molar-refractivity contribution in [2.45, 2.75) is 20.0 Å². The van der Waals surface area contributed by atoms with Crippen molar-refractivity contribution >= 4 is 28.7 Å². The van der Waals surface area contributed by atoms with E-state index in [1.807, 2.05) is 0 Å². The maximum absolute atomic E-state index is 13.0. The number of nitrogens with zero attached hydrogens (tertiary/aromatic N) is 4. The molecular formula is C18H17ClN4O4. The molecule has 0 fully saturated rings. The van der Waals surface area contributed by atoms with Gasteiger partial charge in [-0.05, 0) is 19.1 Å². The molecule has 140 valence electrons. The summed E-state index contributed by atoms with van der Waals surface area (Å²) in [5, 5.41) is 0.324. The van der Waals surface area contributed by atoms with Crippen molar-refractivity contribution in [2.24, 2.45) is 0 Å². The fourth-order valence-corrected chi connectivity index (χ4v) is 3.01. The Morgan fingerprint density at radius 1 is 1.33 bits per heavy atom. The maximum Gasteiger partial charge on any atom is 0.337 e. The first-order valence-corrected chi connectivity index (χ1v) is 8.59. The monoisotopic (exact) mass is 388 g/mol. The smallest absolute Gasteiger partial charge is 0.337 e. The van der Waals surface area contributed by atoms with E-state index in [4.69, 9.17) is 16.3 Å². The lowest BCUT2D eigenvalue weighted by atomic mass is 10.3. The largest absolute Gasteiger partial charge is 0.465 e. The van der Waals surface area contributed by atoms with Crippen LogP contribution in [0.25, 0.3) is 16.9 Å². The van der Waals surface area contributed by atoms with Gasteiger partial charge in [0, 0.05) is 6.54 Å². The Labute approximate surface area is 158 Å². The first kappa shape index (κ1) is 18.7. The molecule has 0 aliphatic carbocycles. The molecule has 0 radical (unpaired) electrons. The van der Waals surface area contributed by atoms with Gasteiger partial charge in [-0.3, -0.25) is 14.2 Å². The third-order valence-corrected chi connectivity index (χ3v) is 4.23. The van der Waals surface area contributed by atoms with Crippen molar-refractivity contribution in [3.63, 3.8) is 0 Å². The maximum atomic E-state index is 13.0. The standard InChI is InChI=1S/C18H17ClN4O4/c1-3-9-22-17(25)15-16(20-11-21(15)10-14(24)27-4-2)23(18(22)26)13-8-6-5-7-12(13)19/h3,5-8,11H,1,4,9-10H2,2H3. The molecule has 0 bridgehead atoms. The van der Waals surface area contributed by atoms with Gasteiger partial charge in [0.15, 0.2) is 11.2 Å². The van der Waals surface area contributed by atoms with Crippen LogP contribution in [0.1, 0.15) is 6.92 Å².